The third-order valence-corrected chi connectivity index (χ3v) is 3.61. The lowest BCUT2D eigenvalue weighted by Gasteiger charge is -2.22. The molecule has 1 amide bonds. The second kappa shape index (κ2) is 8.67. The lowest BCUT2D eigenvalue weighted by molar-refractivity contribution is -0.136. The molecule has 4 heteroatoms. The average Bonchev–Trinajstić information content (AvgIpc) is 2.61. The molecular weight excluding hydrogens is 302 g/mol. The van der Waals surface area contributed by atoms with Crippen LogP contribution in [0.5, 0.6) is 0 Å². The van der Waals surface area contributed by atoms with Gasteiger partial charge < -0.3 is 9.64 Å². The first-order valence-electron chi connectivity index (χ1n) is 7.73. The molecule has 24 heavy (non-hydrogen) atoms. The molecule has 0 N–H and O–H groups in total. The van der Waals surface area contributed by atoms with Crippen molar-refractivity contribution >= 4 is 18.0 Å². The molecule has 0 aliphatic carbocycles. The fraction of sp³-hybridized carbons (Fsp3) is 0.200. The first kappa shape index (κ1) is 17.5. The van der Waals surface area contributed by atoms with Crippen LogP contribution in [0.1, 0.15) is 18.1 Å². The average molecular weight is 323 g/mol. The van der Waals surface area contributed by atoms with Crippen molar-refractivity contribution in [1.82, 2.24) is 4.90 Å². The number of carbonyl (C=O) groups excluding carboxylic acids is 2. The highest BCUT2D eigenvalue weighted by atomic mass is 16.5. The molecule has 0 heterocycles. The largest absolute Gasteiger partial charge is 0.466 e. The molecule has 124 valence electrons. The van der Waals surface area contributed by atoms with Gasteiger partial charge in [-0.1, -0.05) is 60.7 Å². The number of benzene rings is 2. The van der Waals surface area contributed by atoms with Crippen LogP contribution in [0.2, 0.25) is 0 Å². The number of hydrogen-bond acceptors (Lipinski definition) is 3. The van der Waals surface area contributed by atoms with Gasteiger partial charge in [0.1, 0.15) is 0 Å². The maximum atomic E-state index is 12.1. The standard InChI is InChI=1S/C20H21NO3/c1-16(22)21(14-18-11-7-4-8-12-18)15-19(20(23)24-2)13-17-9-5-3-6-10-17/h3-13H,14-15H2,1-2H3/b19-13+. The number of hydrogen-bond donors (Lipinski definition) is 0. The lowest BCUT2D eigenvalue weighted by Crippen LogP contribution is -2.32. The number of carbonyl (C=O) groups is 2. The molecule has 0 atom stereocenters. The Balaban J connectivity index is 2.23. The van der Waals surface area contributed by atoms with Gasteiger partial charge in [-0.3, -0.25) is 4.79 Å². The summed E-state index contributed by atoms with van der Waals surface area (Å²) in [5.41, 5.74) is 2.34. The molecule has 0 unspecified atom stereocenters. The molecule has 0 aliphatic rings. The molecule has 0 saturated carbocycles. The van der Waals surface area contributed by atoms with Crippen molar-refractivity contribution in [3.8, 4) is 0 Å². The van der Waals surface area contributed by atoms with E-state index in [-0.39, 0.29) is 12.5 Å². The summed E-state index contributed by atoms with van der Waals surface area (Å²) < 4.78 is 4.87. The Morgan fingerprint density at radius 2 is 1.58 bits per heavy atom. The smallest absolute Gasteiger partial charge is 0.335 e. The summed E-state index contributed by atoms with van der Waals surface area (Å²) >= 11 is 0. The van der Waals surface area contributed by atoms with E-state index in [1.165, 1.54) is 14.0 Å². The highest BCUT2D eigenvalue weighted by Crippen LogP contribution is 2.13. The topological polar surface area (TPSA) is 46.6 Å². The number of esters is 1. The Labute approximate surface area is 142 Å². The second-order valence-corrected chi connectivity index (χ2v) is 5.43. The van der Waals surface area contributed by atoms with Crippen LogP contribution in [0.3, 0.4) is 0 Å². The van der Waals surface area contributed by atoms with E-state index in [4.69, 9.17) is 4.74 Å². The minimum absolute atomic E-state index is 0.0956. The minimum atomic E-state index is -0.432. The zero-order chi connectivity index (χ0) is 17.4. The van der Waals surface area contributed by atoms with E-state index < -0.39 is 5.97 Å². The van der Waals surface area contributed by atoms with Crippen LogP contribution in [-0.4, -0.2) is 30.4 Å². The maximum absolute atomic E-state index is 12.1. The quantitative estimate of drug-likeness (QED) is 0.605. The number of ether oxygens (including phenoxy) is 1. The van der Waals surface area contributed by atoms with Crippen molar-refractivity contribution in [3.05, 3.63) is 77.4 Å². The zero-order valence-corrected chi connectivity index (χ0v) is 13.9. The second-order valence-electron chi connectivity index (χ2n) is 5.43. The van der Waals surface area contributed by atoms with E-state index >= 15 is 0 Å². The van der Waals surface area contributed by atoms with Gasteiger partial charge in [0.25, 0.3) is 0 Å². The summed E-state index contributed by atoms with van der Waals surface area (Å²) in [4.78, 5) is 25.7. The third-order valence-electron chi connectivity index (χ3n) is 3.61. The summed E-state index contributed by atoms with van der Waals surface area (Å²) in [6, 6.07) is 19.2. The molecular formula is C20H21NO3. The number of amides is 1. The van der Waals surface area contributed by atoms with E-state index in [1.54, 1.807) is 11.0 Å². The molecule has 0 bridgehead atoms. The molecule has 0 fully saturated rings. The Morgan fingerprint density at radius 1 is 1.00 bits per heavy atom. The highest BCUT2D eigenvalue weighted by molar-refractivity contribution is 5.94. The number of rotatable bonds is 6. The van der Waals surface area contributed by atoms with Gasteiger partial charge in [0, 0.05) is 13.5 Å². The first-order valence-corrected chi connectivity index (χ1v) is 7.73. The molecule has 0 radical (unpaired) electrons. The monoisotopic (exact) mass is 323 g/mol. The van der Waals surface area contributed by atoms with Crippen molar-refractivity contribution in [2.45, 2.75) is 13.5 Å². The SMILES string of the molecule is COC(=O)/C(=C/c1ccccc1)CN(Cc1ccccc1)C(C)=O. The Hall–Kier alpha value is -2.88. The predicted molar refractivity (Wildman–Crippen MR) is 94.0 cm³/mol. The first-order chi connectivity index (χ1) is 11.6. The van der Waals surface area contributed by atoms with Crippen LogP contribution < -0.4 is 0 Å². The molecule has 2 rings (SSSR count). The van der Waals surface area contributed by atoms with Crippen LogP contribution in [0, 0.1) is 0 Å². The van der Waals surface area contributed by atoms with Gasteiger partial charge in [-0.25, -0.2) is 4.79 Å². The van der Waals surface area contributed by atoms with Crippen molar-refractivity contribution in [3.63, 3.8) is 0 Å². The van der Waals surface area contributed by atoms with Crippen molar-refractivity contribution in [1.29, 1.82) is 0 Å². The predicted octanol–water partition coefficient (Wildman–Crippen LogP) is 3.29. The summed E-state index contributed by atoms with van der Waals surface area (Å²) in [7, 11) is 1.34. The van der Waals surface area contributed by atoms with Gasteiger partial charge in [-0.2, -0.15) is 0 Å². The van der Waals surface area contributed by atoms with Gasteiger partial charge in [0.05, 0.1) is 19.2 Å². The Bertz CT molecular complexity index is 708. The Morgan fingerprint density at radius 3 is 2.12 bits per heavy atom. The molecule has 4 nitrogen and oxygen atoms in total. The van der Waals surface area contributed by atoms with E-state index in [2.05, 4.69) is 0 Å². The van der Waals surface area contributed by atoms with Crippen LogP contribution >= 0.6 is 0 Å². The van der Waals surface area contributed by atoms with Crippen LogP contribution in [0.25, 0.3) is 6.08 Å². The number of methoxy groups -OCH3 is 1. The van der Waals surface area contributed by atoms with Crippen molar-refractivity contribution < 1.29 is 14.3 Å². The van der Waals surface area contributed by atoms with Crippen LogP contribution in [-0.2, 0) is 20.9 Å². The van der Waals surface area contributed by atoms with E-state index in [1.807, 2.05) is 60.7 Å². The summed E-state index contributed by atoms with van der Waals surface area (Å²) in [6.45, 7) is 2.14. The van der Waals surface area contributed by atoms with Crippen molar-refractivity contribution in [2.75, 3.05) is 13.7 Å². The van der Waals surface area contributed by atoms with E-state index in [0.29, 0.717) is 12.1 Å². The van der Waals surface area contributed by atoms with Gasteiger partial charge in [-0.05, 0) is 17.2 Å². The molecule has 2 aromatic carbocycles. The maximum Gasteiger partial charge on any atom is 0.335 e. The number of nitrogens with zero attached hydrogens (tertiary/aromatic N) is 1. The lowest BCUT2D eigenvalue weighted by atomic mass is 10.1. The summed E-state index contributed by atoms with van der Waals surface area (Å²) in [5, 5.41) is 0. The third kappa shape index (κ3) is 5.09. The van der Waals surface area contributed by atoms with Gasteiger partial charge in [0.15, 0.2) is 0 Å². The Kier molecular flexibility index (Phi) is 6.32. The van der Waals surface area contributed by atoms with E-state index in [9.17, 15) is 9.59 Å². The summed E-state index contributed by atoms with van der Waals surface area (Å²) in [5.74, 6) is -0.528. The highest BCUT2D eigenvalue weighted by Gasteiger charge is 2.17. The summed E-state index contributed by atoms with van der Waals surface area (Å²) in [6.07, 6.45) is 1.76. The van der Waals surface area contributed by atoms with Gasteiger partial charge >= 0.3 is 5.97 Å². The molecule has 2 aromatic rings. The zero-order valence-electron chi connectivity index (χ0n) is 13.9. The van der Waals surface area contributed by atoms with Gasteiger partial charge in [-0.15, -0.1) is 0 Å². The molecule has 0 saturated heterocycles. The fourth-order valence-corrected chi connectivity index (χ4v) is 2.34. The van der Waals surface area contributed by atoms with Crippen LogP contribution in [0.4, 0.5) is 0 Å². The molecule has 0 spiro atoms. The molecule has 0 aromatic heterocycles. The minimum Gasteiger partial charge on any atom is -0.466 e. The molecule has 0 aliphatic heterocycles. The van der Waals surface area contributed by atoms with Crippen LogP contribution in [0.15, 0.2) is 66.2 Å². The fourth-order valence-electron chi connectivity index (χ4n) is 2.34. The van der Waals surface area contributed by atoms with Crippen molar-refractivity contribution in [2.24, 2.45) is 0 Å². The van der Waals surface area contributed by atoms with Gasteiger partial charge in [0.2, 0.25) is 5.91 Å². The normalized spacial score (nSPS) is 11.0. The van der Waals surface area contributed by atoms with E-state index in [0.717, 1.165) is 11.1 Å².